The second kappa shape index (κ2) is 10.8. The third kappa shape index (κ3) is 4.37. The van der Waals surface area contributed by atoms with E-state index in [1.165, 1.54) is 115 Å². The molecular weight excluding hydrogens is 530 g/mol. The van der Waals surface area contributed by atoms with Crippen molar-refractivity contribution in [1.82, 2.24) is 0 Å². The van der Waals surface area contributed by atoms with Crippen molar-refractivity contribution >= 4 is 49.4 Å². The molecule has 1 heteroatoms. The van der Waals surface area contributed by atoms with Crippen molar-refractivity contribution in [1.29, 1.82) is 0 Å². The van der Waals surface area contributed by atoms with Gasteiger partial charge < -0.3 is 4.90 Å². The first-order valence-electron chi connectivity index (χ1n) is 16.3. The largest absolute Gasteiger partial charge is 0.309 e. The van der Waals surface area contributed by atoms with Gasteiger partial charge in [0.25, 0.3) is 0 Å². The van der Waals surface area contributed by atoms with E-state index in [0.29, 0.717) is 0 Å². The van der Waals surface area contributed by atoms with Gasteiger partial charge in [0.1, 0.15) is 0 Å². The zero-order valence-electron chi connectivity index (χ0n) is 26.0. The van der Waals surface area contributed by atoms with Crippen LogP contribution >= 0.6 is 0 Å². The van der Waals surface area contributed by atoms with E-state index in [2.05, 4.69) is 141 Å². The Bertz CT molecular complexity index is 2130. The van der Waals surface area contributed by atoms with Crippen LogP contribution in [0.2, 0.25) is 0 Å². The number of nitrogens with zero attached hydrogens (tertiary/aromatic N) is 1. The molecule has 8 rings (SSSR count). The van der Waals surface area contributed by atoms with Crippen LogP contribution in [0.1, 0.15) is 60.3 Å². The summed E-state index contributed by atoms with van der Waals surface area (Å²) in [5, 5.41) is 7.87. The highest BCUT2D eigenvalue weighted by Crippen LogP contribution is 2.47. The van der Waals surface area contributed by atoms with Crippen LogP contribution in [-0.2, 0) is 0 Å². The molecule has 1 aliphatic rings. The molecule has 1 aliphatic carbocycles. The summed E-state index contributed by atoms with van der Waals surface area (Å²) in [7, 11) is 0. The predicted octanol–water partition coefficient (Wildman–Crippen LogP) is 12.7. The van der Waals surface area contributed by atoms with Gasteiger partial charge in [-0.05, 0) is 118 Å². The highest BCUT2D eigenvalue weighted by atomic mass is 15.1. The zero-order valence-corrected chi connectivity index (χ0v) is 26.0. The molecule has 1 nitrogen and oxygen atoms in total. The van der Waals surface area contributed by atoms with E-state index in [0.717, 1.165) is 5.92 Å². The third-order valence-corrected chi connectivity index (χ3v) is 10.3. The molecule has 44 heavy (non-hydrogen) atoms. The average molecular weight is 570 g/mol. The molecule has 216 valence electrons. The van der Waals surface area contributed by atoms with Crippen LogP contribution in [-0.4, -0.2) is 0 Å². The Morgan fingerprint density at radius 1 is 0.500 bits per heavy atom. The molecule has 1 saturated carbocycles. The van der Waals surface area contributed by atoms with Crippen molar-refractivity contribution in [2.24, 2.45) is 0 Å². The van der Waals surface area contributed by atoms with Gasteiger partial charge in [-0.25, -0.2) is 0 Å². The number of aryl methyl sites for hydroxylation is 2. The quantitative estimate of drug-likeness (QED) is 0.186. The summed E-state index contributed by atoms with van der Waals surface area (Å²) in [6, 6.07) is 43.4. The molecule has 0 N–H and O–H groups in total. The fourth-order valence-corrected chi connectivity index (χ4v) is 7.95. The topological polar surface area (TPSA) is 3.24 Å². The maximum Gasteiger partial charge on any atom is 0.0540 e. The standard InChI is InChI=1S/C43H39N/c1-28-11-7-8-17-39(28)44(41-26-23-34-20-19-32-14-9-15-33-21-25-38(41)43(34)42(32)33)40-18-10-16-37(30(40)3)36-24-22-35(27-29(36)2)31-12-5-4-6-13-31/h7-11,14-27,31H,4-6,12-13H2,1-3H3. The van der Waals surface area contributed by atoms with E-state index in [1.54, 1.807) is 0 Å². The van der Waals surface area contributed by atoms with Crippen LogP contribution in [0.5, 0.6) is 0 Å². The highest BCUT2D eigenvalue weighted by Gasteiger charge is 2.23. The molecule has 0 spiro atoms. The fraction of sp³-hybridized carbons (Fsp3) is 0.209. The SMILES string of the molecule is Cc1cc(C2CCCCC2)ccc1-c1cccc(N(c2ccccc2C)c2ccc3ccc4cccc5ccc2c3c45)c1C. The number of para-hydroxylation sites is 1. The van der Waals surface area contributed by atoms with Crippen LogP contribution in [0.15, 0.2) is 115 Å². The lowest BCUT2D eigenvalue weighted by Gasteiger charge is -2.31. The number of hydrogen-bond donors (Lipinski definition) is 0. The Kier molecular flexibility index (Phi) is 6.64. The van der Waals surface area contributed by atoms with E-state index in [9.17, 15) is 0 Å². The molecule has 1 fully saturated rings. The van der Waals surface area contributed by atoms with Crippen molar-refractivity contribution < 1.29 is 0 Å². The van der Waals surface area contributed by atoms with E-state index >= 15 is 0 Å². The maximum absolute atomic E-state index is 2.51. The minimum Gasteiger partial charge on any atom is -0.309 e. The molecule has 7 aromatic rings. The number of benzene rings is 7. The third-order valence-electron chi connectivity index (χ3n) is 10.3. The summed E-state index contributed by atoms with van der Waals surface area (Å²) in [5.41, 5.74) is 11.8. The smallest absolute Gasteiger partial charge is 0.0540 e. The van der Waals surface area contributed by atoms with Gasteiger partial charge in [-0.1, -0.05) is 116 Å². The molecule has 0 radical (unpaired) electrons. The van der Waals surface area contributed by atoms with E-state index in [4.69, 9.17) is 0 Å². The van der Waals surface area contributed by atoms with Crippen molar-refractivity contribution in [3.63, 3.8) is 0 Å². The van der Waals surface area contributed by atoms with Gasteiger partial charge in [0, 0.05) is 16.8 Å². The van der Waals surface area contributed by atoms with Gasteiger partial charge in [0.2, 0.25) is 0 Å². The minimum atomic E-state index is 0.718. The summed E-state index contributed by atoms with van der Waals surface area (Å²) < 4.78 is 0. The fourth-order valence-electron chi connectivity index (χ4n) is 7.95. The number of hydrogen-bond acceptors (Lipinski definition) is 1. The number of anilines is 3. The minimum absolute atomic E-state index is 0.718. The molecule has 0 aromatic heterocycles. The van der Waals surface area contributed by atoms with Crippen LogP contribution in [0, 0.1) is 20.8 Å². The van der Waals surface area contributed by atoms with Crippen molar-refractivity contribution in [2.75, 3.05) is 4.90 Å². The Hall–Kier alpha value is -4.62. The maximum atomic E-state index is 2.51. The predicted molar refractivity (Wildman–Crippen MR) is 190 cm³/mol. The molecule has 0 amide bonds. The first kappa shape index (κ1) is 27.0. The Labute approximate surface area is 261 Å². The van der Waals surface area contributed by atoms with Crippen LogP contribution in [0.4, 0.5) is 17.1 Å². The summed E-state index contributed by atoms with van der Waals surface area (Å²) in [6.07, 6.45) is 6.79. The summed E-state index contributed by atoms with van der Waals surface area (Å²) in [6.45, 7) is 6.83. The zero-order chi connectivity index (χ0) is 29.8. The van der Waals surface area contributed by atoms with Crippen LogP contribution in [0.3, 0.4) is 0 Å². The second-order valence-electron chi connectivity index (χ2n) is 12.9. The van der Waals surface area contributed by atoms with Gasteiger partial charge in [-0.2, -0.15) is 0 Å². The summed E-state index contributed by atoms with van der Waals surface area (Å²) in [5.74, 6) is 0.718. The molecule has 0 bridgehead atoms. The van der Waals surface area contributed by atoms with E-state index in [1.807, 2.05) is 0 Å². The summed E-state index contributed by atoms with van der Waals surface area (Å²) >= 11 is 0. The van der Waals surface area contributed by atoms with Gasteiger partial charge in [-0.15, -0.1) is 0 Å². The molecule has 0 aliphatic heterocycles. The lowest BCUT2D eigenvalue weighted by molar-refractivity contribution is 0.443. The first-order valence-corrected chi connectivity index (χ1v) is 16.3. The monoisotopic (exact) mass is 569 g/mol. The molecule has 7 aromatic carbocycles. The average Bonchev–Trinajstić information content (AvgIpc) is 3.06. The van der Waals surface area contributed by atoms with Crippen LogP contribution in [0.25, 0.3) is 43.4 Å². The Morgan fingerprint density at radius 2 is 1.18 bits per heavy atom. The van der Waals surface area contributed by atoms with Crippen molar-refractivity contribution in [2.45, 2.75) is 58.8 Å². The lowest BCUT2D eigenvalue weighted by atomic mass is 9.82. The van der Waals surface area contributed by atoms with Gasteiger partial charge in [0.05, 0.1) is 5.69 Å². The van der Waals surface area contributed by atoms with E-state index < -0.39 is 0 Å². The van der Waals surface area contributed by atoms with E-state index in [-0.39, 0.29) is 0 Å². The lowest BCUT2D eigenvalue weighted by Crippen LogP contribution is -2.13. The van der Waals surface area contributed by atoms with Gasteiger partial charge >= 0.3 is 0 Å². The Balaban J connectivity index is 1.33. The molecule has 0 heterocycles. The molecule has 0 atom stereocenters. The summed E-state index contributed by atoms with van der Waals surface area (Å²) in [4.78, 5) is 2.51. The van der Waals surface area contributed by atoms with Crippen molar-refractivity contribution in [3.8, 4) is 11.1 Å². The first-order chi connectivity index (χ1) is 21.6. The van der Waals surface area contributed by atoms with Gasteiger partial charge in [0.15, 0.2) is 0 Å². The highest BCUT2D eigenvalue weighted by molar-refractivity contribution is 6.25. The number of rotatable bonds is 5. The molecule has 0 saturated heterocycles. The van der Waals surface area contributed by atoms with Gasteiger partial charge in [-0.3, -0.25) is 0 Å². The Morgan fingerprint density at radius 3 is 1.95 bits per heavy atom. The molecular formula is C43H39N. The normalized spacial score (nSPS) is 14.2. The van der Waals surface area contributed by atoms with Crippen LogP contribution < -0.4 is 4.90 Å². The second-order valence-corrected chi connectivity index (χ2v) is 12.9. The molecule has 0 unspecified atom stereocenters. The van der Waals surface area contributed by atoms with Crippen molar-refractivity contribution in [3.05, 3.63) is 138 Å².